The van der Waals surface area contributed by atoms with Gasteiger partial charge in [-0.15, -0.1) is 0 Å². The highest BCUT2D eigenvalue weighted by atomic mass is 16.5. The van der Waals surface area contributed by atoms with Crippen molar-refractivity contribution >= 4 is 16.8 Å². The number of nitrogens with zero attached hydrogens (tertiary/aromatic N) is 2. The zero-order chi connectivity index (χ0) is 18.0. The van der Waals surface area contributed by atoms with E-state index in [1.807, 2.05) is 39.0 Å². The zero-order valence-corrected chi connectivity index (χ0v) is 14.4. The minimum absolute atomic E-state index is 0.0752. The van der Waals surface area contributed by atoms with Crippen LogP contribution in [0.3, 0.4) is 0 Å². The summed E-state index contributed by atoms with van der Waals surface area (Å²) in [5.74, 6) is 0.482. The molecule has 130 valence electrons. The first-order valence-electron chi connectivity index (χ1n) is 8.18. The lowest BCUT2D eigenvalue weighted by Gasteiger charge is -2.06. The molecular formula is C18H20N4O3. The van der Waals surface area contributed by atoms with E-state index >= 15 is 0 Å². The van der Waals surface area contributed by atoms with E-state index in [0.717, 1.165) is 16.5 Å². The number of aromatic nitrogens is 3. The quantitative estimate of drug-likeness (QED) is 0.742. The predicted octanol–water partition coefficient (Wildman–Crippen LogP) is 2.34. The molecule has 0 spiro atoms. The topological polar surface area (TPSA) is 101 Å². The van der Waals surface area contributed by atoms with Gasteiger partial charge in [0, 0.05) is 24.4 Å². The van der Waals surface area contributed by atoms with Crippen molar-refractivity contribution in [3.05, 3.63) is 46.1 Å². The van der Waals surface area contributed by atoms with Gasteiger partial charge >= 0.3 is 0 Å². The van der Waals surface area contributed by atoms with Gasteiger partial charge < -0.3 is 14.8 Å². The molecule has 0 bridgehead atoms. The van der Waals surface area contributed by atoms with E-state index in [9.17, 15) is 9.59 Å². The van der Waals surface area contributed by atoms with Gasteiger partial charge in [-0.05, 0) is 44.4 Å². The van der Waals surface area contributed by atoms with Crippen LogP contribution < -0.4 is 10.9 Å². The van der Waals surface area contributed by atoms with Gasteiger partial charge in [0.05, 0.1) is 5.56 Å². The normalized spacial score (nSPS) is 11.2. The van der Waals surface area contributed by atoms with Gasteiger partial charge in [-0.3, -0.25) is 9.59 Å². The number of fused-ring (bicyclic) bond motifs is 1. The molecular weight excluding hydrogens is 320 g/mol. The van der Waals surface area contributed by atoms with Crippen LogP contribution in [0.5, 0.6) is 0 Å². The maximum atomic E-state index is 12.3. The van der Waals surface area contributed by atoms with Gasteiger partial charge in [-0.2, -0.15) is 4.98 Å². The monoisotopic (exact) mass is 340 g/mol. The van der Waals surface area contributed by atoms with Crippen LogP contribution in [0.25, 0.3) is 22.3 Å². The molecule has 3 aromatic rings. The third-order valence-corrected chi connectivity index (χ3v) is 3.72. The minimum atomic E-state index is -0.277. The summed E-state index contributed by atoms with van der Waals surface area (Å²) in [5.41, 5.74) is 1.92. The number of pyridine rings is 1. The van der Waals surface area contributed by atoms with Crippen LogP contribution in [0.2, 0.25) is 0 Å². The van der Waals surface area contributed by atoms with Crippen molar-refractivity contribution in [2.24, 2.45) is 0 Å². The number of carbonyl (C=O) groups excluding carboxylic acids is 1. The molecule has 0 fully saturated rings. The molecule has 25 heavy (non-hydrogen) atoms. The second kappa shape index (κ2) is 6.88. The van der Waals surface area contributed by atoms with Crippen molar-refractivity contribution in [1.82, 2.24) is 20.4 Å². The largest absolute Gasteiger partial charge is 0.354 e. The number of rotatable bonds is 5. The van der Waals surface area contributed by atoms with Crippen molar-refractivity contribution < 1.29 is 9.32 Å². The maximum Gasteiger partial charge on any atom is 0.259 e. The minimum Gasteiger partial charge on any atom is -0.354 e. The highest BCUT2D eigenvalue weighted by Gasteiger charge is 2.14. The molecule has 1 amide bonds. The highest BCUT2D eigenvalue weighted by molar-refractivity contribution is 5.83. The van der Waals surface area contributed by atoms with E-state index in [4.69, 9.17) is 4.52 Å². The van der Waals surface area contributed by atoms with Crippen molar-refractivity contribution in [3.8, 4) is 11.4 Å². The Labute approximate surface area is 144 Å². The summed E-state index contributed by atoms with van der Waals surface area (Å²) in [4.78, 5) is 31.0. The molecule has 2 heterocycles. The molecule has 0 unspecified atom stereocenters. The van der Waals surface area contributed by atoms with E-state index in [1.54, 1.807) is 6.07 Å². The van der Waals surface area contributed by atoms with Crippen molar-refractivity contribution in [2.75, 3.05) is 0 Å². The van der Waals surface area contributed by atoms with Gasteiger partial charge in [-0.25, -0.2) is 0 Å². The molecule has 0 aliphatic carbocycles. The number of amides is 1. The Bertz CT molecular complexity index is 972. The SMILES string of the molecule is Cc1ccc2[nH]c(=O)c(-c3noc(CCC(=O)NC(C)C)n3)cc2c1. The fourth-order valence-electron chi connectivity index (χ4n) is 2.57. The van der Waals surface area contributed by atoms with E-state index < -0.39 is 0 Å². The molecule has 3 rings (SSSR count). The molecule has 0 aliphatic rings. The summed E-state index contributed by atoms with van der Waals surface area (Å²) < 4.78 is 5.17. The maximum absolute atomic E-state index is 12.3. The molecule has 7 nitrogen and oxygen atoms in total. The third-order valence-electron chi connectivity index (χ3n) is 3.72. The Morgan fingerprint density at radius 3 is 2.88 bits per heavy atom. The van der Waals surface area contributed by atoms with Gasteiger partial charge in [0.15, 0.2) is 0 Å². The number of hydrogen-bond acceptors (Lipinski definition) is 5. The first-order valence-corrected chi connectivity index (χ1v) is 8.18. The second-order valence-electron chi connectivity index (χ2n) is 6.34. The Kier molecular flexibility index (Phi) is 4.65. The number of aryl methyl sites for hydroxylation is 2. The van der Waals surface area contributed by atoms with Gasteiger partial charge in [0.25, 0.3) is 5.56 Å². The lowest BCUT2D eigenvalue weighted by Crippen LogP contribution is -2.30. The van der Waals surface area contributed by atoms with E-state index in [0.29, 0.717) is 17.9 Å². The number of benzene rings is 1. The van der Waals surface area contributed by atoms with Crippen LogP contribution in [0.15, 0.2) is 33.6 Å². The van der Waals surface area contributed by atoms with E-state index in [2.05, 4.69) is 20.4 Å². The fraction of sp³-hybridized carbons (Fsp3) is 0.333. The smallest absolute Gasteiger partial charge is 0.259 e. The highest BCUT2D eigenvalue weighted by Crippen LogP contribution is 2.18. The number of carbonyl (C=O) groups is 1. The van der Waals surface area contributed by atoms with Gasteiger partial charge in [0.2, 0.25) is 17.6 Å². The summed E-state index contributed by atoms with van der Waals surface area (Å²) in [5, 5.41) is 7.58. The fourth-order valence-corrected chi connectivity index (χ4v) is 2.57. The summed E-state index contributed by atoms with van der Waals surface area (Å²) in [6.45, 7) is 5.78. The van der Waals surface area contributed by atoms with Crippen molar-refractivity contribution in [1.29, 1.82) is 0 Å². The molecule has 0 saturated carbocycles. The van der Waals surface area contributed by atoms with E-state index in [-0.39, 0.29) is 29.8 Å². The Morgan fingerprint density at radius 2 is 2.12 bits per heavy atom. The van der Waals surface area contributed by atoms with E-state index in [1.165, 1.54) is 0 Å². The lowest BCUT2D eigenvalue weighted by molar-refractivity contribution is -0.121. The van der Waals surface area contributed by atoms with Crippen molar-refractivity contribution in [2.45, 2.75) is 39.7 Å². The summed E-state index contributed by atoms with van der Waals surface area (Å²) in [7, 11) is 0. The number of aromatic amines is 1. The van der Waals surface area contributed by atoms with Crippen LogP contribution in [-0.2, 0) is 11.2 Å². The standard InChI is InChI=1S/C18H20N4O3/c1-10(2)19-15(23)6-7-16-21-17(22-25-16)13-9-12-8-11(3)4-5-14(12)20-18(13)24/h4-5,8-10H,6-7H2,1-3H3,(H,19,23)(H,20,24). The van der Waals surface area contributed by atoms with Crippen LogP contribution in [-0.4, -0.2) is 27.1 Å². The number of hydrogen-bond donors (Lipinski definition) is 2. The Balaban J connectivity index is 1.82. The second-order valence-corrected chi connectivity index (χ2v) is 6.34. The molecule has 0 aliphatic heterocycles. The molecule has 2 N–H and O–H groups in total. The van der Waals surface area contributed by atoms with Crippen LogP contribution in [0, 0.1) is 6.92 Å². The van der Waals surface area contributed by atoms with Gasteiger partial charge in [-0.1, -0.05) is 16.8 Å². The average molecular weight is 340 g/mol. The third kappa shape index (κ3) is 3.93. The summed E-state index contributed by atoms with van der Waals surface area (Å²) >= 11 is 0. The van der Waals surface area contributed by atoms with Crippen LogP contribution in [0.4, 0.5) is 0 Å². The zero-order valence-electron chi connectivity index (χ0n) is 14.4. The van der Waals surface area contributed by atoms with Crippen LogP contribution >= 0.6 is 0 Å². The molecule has 7 heteroatoms. The summed E-state index contributed by atoms with van der Waals surface area (Å²) in [6.07, 6.45) is 0.587. The van der Waals surface area contributed by atoms with Crippen LogP contribution in [0.1, 0.15) is 31.7 Å². The Hall–Kier alpha value is -2.96. The first kappa shape index (κ1) is 16.9. The number of nitrogens with one attached hydrogen (secondary N) is 2. The molecule has 0 atom stereocenters. The molecule has 2 aromatic heterocycles. The Morgan fingerprint density at radius 1 is 1.32 bits per heavy atom. The predicted molar refractivity (Wildman–Crippen MR) is 94.2 cm³/mol. The van der Waals surface area contributed by atoms with Gasteiger partial charge in [0.1, 0.15) is 0 Å². The first-order chi connectivity index (χ1) is 11.9. The average Bonchev–Trinajstić information content (AvgIpc) is 3.01. The molecule has 0 radical (unpaired) electrons. The summed E-state index contributed by atoms with van der Waals surface area (Å²) in [6, 6.07) is 7.62. The molecule has 1 aromatic carbocycles. The van der Waals surface area contributed by atoms with Crippen molar-refractivity contribution in [3.63, 3.8) is 0 Å². The molecule has 0 saturated heterocycles. The number of H-pyrrole nitrogens is 1. The lowest BCUT2D eigenvalue weighted by atomic mass is 10.1.